The van der Waals surface area contributed by atoms with Gasteiger partial charge in [0.2, 0.25) is 0 Å². The maximum atomic E-state index is 5.50. The van der Waals surface area contributed by atoms with Crippen LogP contribution in [0.2, 0.25) is 0 Å². The second-order valence-electron chi connectivity index (χ2n) is 6.22. The molecule has 2 aromatic rings. The Hall–Kier alpha value is -1.72. The van der Waals surface area contributed by atoms with E-state index in [1.54, 1.807) is 0 Å². The number of piperidine rings is 1. The van der Waals surface area contributed by atoms with Gasteiger partial charge in [0.05, 0.1) is 23.8 Å². The number of likely N-dealkylation sites (tertiary alicyclic amines) is 1. The fraction of sp³-hybridized carbons (Fsp3) is 0.529. The first kappa shape index (κ1) is 13.9. The topological polar surface area (TPSA) is 50.3 Å². The van der Waals surface area contributed by atoms with Crippen molar-refractivity contribution in [3.63, 3.8) is 0 Å². The van der Waals surface area contributed by atoms with Gasteiger partial charge in [-0.2, -0.15) is 0 Å². The van der Waals surface area contributed by atoms with Crippen molar-refractivity contribution >= 4 is 16.9 Å². The van der Waals surface area contributed by atoms with Crippen LogP contribution >= 0.6 is 0 Å². The SMILES string of the molecule is c1ccc2nc(NC3CCN(C4CCOC4)CC3)cnc2c1. The zero-order valence-electron chi connectivity index (χ0n) is 12.7. The summed E-state index contributed by atoms with van der Waals surface area (Å²) in [5.74, 6) is 0.890. The second kappa shape index (κ2) is 6.18. The molecule has 0 saturated carbocycles. The van der Waals surface area contributed by atoms with Gasteiger partial charge in [0.1, 0.15) is 5.82 Å². The zero-order chi connectivity index (χ0) is 14.8. The quantitative estimate of drug-likeness (QED) is 0.942. The van der Waals surface area contributed by atoms with E-state index in [1.165, 1.54) is 6.42 Å². The number of hydrogen-bond donors (Lipinski definition) is 1. The summed E-state index contributed by atoms with van der Waals surface area (Å²) < 4.78 is 5.50. The Kier molecular flexibility index (Phi) is 3.91. The molecule has 1 atom stereocenters. The third-order valence-corrected chi connectivity index (χ3v) is 4.75. The number of ether oxygens (including phenoxy) is 1. The molecule has 0 radical (unpaired) electrons. The maximum absolute atomic E-state index is 5.50. The monoisotopic (exact) mass is 298 g/mol. The number of fused-ring (bicyclic) bond motifs is 1. The Morgan fingerprint density at radius 1 is 1.09 bits per heavy atom. The lowest BCUT2D eigenvalue weighted by molar-refractivity contribution is 0.124. The largest absolute Gasteiger partial charge is 0.380 e. The van der Waals surface area contributed by atoms with E-state index in [0.29, 0.717) is 12.1 Å². The number of rotatable bonds is 3. The minimum absolute atomic E-state index is 0.494. The predicted molar refractivity (Wildman–Crippen MR) is 87.0 cm³/mol. The molecule has 4 rings (SSSR count). The molecule has 2 fully saturated rings. The third kappa shape index (κ3) is 2.91. The third-order valence-electron chi connectivity index (χ3n) is 4.75. The number of nitrogens with zero attached hydrogens (tertiary/aromatic N) is 3. The van der Waals surface area contributed by atoms with Crippen molar-refractivity contribution in [3.8, 4) is 0 Å². The average Bonchev–Trinajstić information content (AvgIpc) is 3.10. The van der Waals surface area contributed by atoms with Gasteiger partial charge >= 0.3 is 0 Å². The van der Waals surface area contributed by atoms with Gasteiger partial charge in [-0.15, -0.1) is 0 Å². The van der Waals surface area contributed by atoms with Gasteiger partial charge in [-0.05, 0) is 31.4 Å². The summed E-state index contributed by atoms with van der Waals surface area (Å²) in [6.45, 7) is 4.13. The fourth-order valence-electron chi connectivity index (χ4n) is 3.45. The highest BCUT2D eigenvalue weighted by molar-refractivity contribution is 5.75. The van der Waals surface area contributed by atoms with Crippen molar-refractivity contribution in [3.05, 3.63) is 30.5 Å². The minimum atomic E-state index is 0.494. The summed E-state index contributed by atoms with van der Waals surface area (Å²) in [6.07, 6.45) is 5.35. The van der Waals surface area contributed by atoms with Gasteiger partial charge in [0, 0.05) is 31.8 Å². The highest BCUT2D eigenvalue weighted by Gasteiger charge is 2.27. The summed E-state index contributed by atoms with van der Waals surface area (Å²) in [4.78, 5) is 11.7. The van der Waals surface area contributed by atoms with Crippen LogP contribution in [0.4, 0.5) is 5.82 Å². The molecule has 1 unspecified atom stereocenters. The number of benzene rings is 1. The molecule has 0 aliphatic carbocycles. The van der Waals surface area contributed by atoms with Gasteiger partial charge in [-0.25, -0.2) is 4.98 Å². The molecule has 0 bridgehead atoms. The smallest absolute Gasteiger partial charge is 0.145 e. The van der Waals surface area contributed by atoms with Crippen LogP contribution in [0.3, 0.4) is 0 Å². The van der Waals surface area contributed by atoms with Gasteiger partial charge < -0.3 is 10.1 Å². The van der Waals surface area contributed by atoms with Crippen molar-refractivity contribution in [1.82, 2.24) is 14.9 Å². The molecule has 2 saturated heterocycles. The van der Waals surface area contributed by atoms with Crippen LogP contribution in [0.1, 0.15) is 19.3 Å². The summed E-state index contributed by atoms with van der Waals surface area (Å²) in [6, 6.07) is 9.13. The summed E-state index contributed by atoms with van der Waals surface area (Å²) >= 11 is 0. The first-order chi connectivity index (χ1) is 10.9. The lowest BCUT2D eigenvalue weighted by Gasteiger charge is -2.35. The van der Waals surface area contributed by atoms with Crippen molar-refractivity contribution in [2.75, 3.05) is 31.6 Å². The van der Waals surface area contributed by atoms with Crippen molar-refractivity contribution in [2.45, 2.75) is 31.3 Å². The van der Waals surface area contributed by atoms with Gasteiger partial charge in [-0.3, -0.25) is 9.88 Å². The van der Waals surface area contributed by atoms with E-state index in [2.05, 4.69) is 20.2 Å². The first-order valence-electron chi connectivity index (χ1n) is 8.18. The molecule has 3 heterocycles. The molecule has 1 N–H and O–H groups in total. The molecule has 0 spiro atoms. The number of para-hydroxylation sites is 2. The van der Waals surface area contributed by atoms with E-state index in [9.17, 15) is 0 Å². The van der Waals surface area contributed by atoms with Crippen molar-refractivity contribution in [1.29, 1.82) is 0 Å². The van der Waals surface area contributed by atoms with Crippen LogP contribution in [0.15, 0.2) is 30.5 Å². The standard InChI is InChI=1S/C17H22N4O/c1-2-4-16-15(3-1)18-11-17(20-16)19-13-5-8-21(9-6-13)14-7-10-22-12-14/h1-4,11,13-14H,5-10,12H2,(H,19,20). The fourth-order valence-corrected chi connectivity index (χ4v) is 3.45. The lowest BCUT2D eigenvalue weighted by atomic mass is 10.0. The Morgan fingerprint density at radius 3 is 2.68 bits per heavy atom. The zero-order valence-corrected chi connectivity index (χ0v) is 12.7. The molecule has 22 heavy (non-hydrogen) atoms. The van der Waals surface area contributed by atoms with Crippen LogP contribution in [0.25, 0.3) is 11.0 Å². The Morgan fingerprint density at radius 2 is 1.91 bits per heavy atom. The van der Waals surface area contributed by atoms with E-state index >= 15 is 0 Å². The number of anilines is 1. The Bertz CT molecular complexity index is 633. The Labute approximate surface area is 130 Å². The summed E-state index contributed by atoms with van der Waals surface area (Å²) in [7, 11) is 0. The van der Waals surface area contributed by atoms with Crippen molar-refractivity contribution < 1.29 is 4.74 Å². The summed E-state index contributed by atoms with van der Waals surface area (Å²) in [5, 5.41) is 3.55. The number of aromatic nitrogens is 2. The average molecular weight is 298 g/mol. The van der Waals surface area contributed by atoms with Gasteiger partial charge in [0.25, 0.3) is 0 Å². The van der Waals surface area contributed by atoms with Crippen LogP contribution in [0, 0.1) is 0 Å². The number of nitrogens with one attached hydrogen (secondary N) is 1. The maximum Gasteiger partial charge on any atom is 0.145 e. The van der Waals surface area contributed by atoms with E-state index < -0.39 is 0 Å². The lowest BCUT2D eigenvalue weighted by Crippen LogP contribution is -2.44. The van der Waals surface area contributed by atoms with E-state index in [-0.39, 0.29) is 0 Å². The highest BCUT2D eigenvalue weighted by atomic mass is 16.5. The molecule has 1 aromatic heterocycles. The molecule has 1 aromatic carbocycles. The molecular weight excluding hydrogens is 276 g/mol. The van der Waals surface area contributed by atoms with Crippen LogP contribution in [-0.2, 0) is 4.74 Å². The van der Waals surface area contributed by atoms with E-state index in [0.717, 1.165) is 56.0 Å². The molecule has 5 nitrogen and oxygen atoms in total. The van der Waals surface area contributed by atoms with E-state index in [1.807, 2.05) is 30.5 Å². The number of hydrogen-bond acceptors (Lipinski definition) is 5. The molecule has 2 aliphatic heterocycles. The van der Waals surface area contributed by atoms with Crippen LogP contribution in [-0.4, -0.2) is 53.3 Å². The molecule has 0 amide bonds. The normalized spacial score (nSPS) is 23.9. The highest BCUT2D eigenvalue weighted by Crippen LogP contribution is 2.21. The minimum Gasteiger partial charge on any atom is -0.380 e. The Balaban J connectivity index is 1.37. The van der Waals surface area contributed by atoms with Gasteiger partial charge in [-0.1, -0.05) is 12.1 Å². The van der Waals surface area contributed by atoms with Gasteiger partial charge in [0.15, 0.2) is 0 Å². The molecule has 2 aliphatic rings. The summed E-state index contributed by atoms with van der Waals surface area (Å²) in [5.41, 5.74) is 1.90. The first-order valence-corrected chi connectivity index (χ1v) is 8.18. The van der Waals surface area contributed by atoms with Crippen LogP contribution in [0.5, 0.6) is 0 Å². The van der Waals surface area contributed by atoms with Crippen molar-refractivity contribution in [2.24, 2.45) is 0 Å². The molecule has 5 heteroatoms. The predicted octanol–water partition coefficient (Wildman–Crippen LogP) is 2.29. The molecular formula is C17H22N4O. The molecule has 116 valence electrons. The van der Waals surface area contributed by atoms with E-state index in [4.69, 9.17) is 4.74 Å². The van der Waals surface area contributed by atoms with Crippen LogP contribution < -0.4 is 5.32 Å². The second-order valence-corrected chi connectivity index (χ2v) is 6.22.